The Morgan fingerprint density at radius 3 is 3.03 bits per heavy atom. The Morgan fingerprint density at radius 1 is 1.41 bits per heavy atom. The molecule has 0 radical (unpaired) electrons. The fourth-order valence-electron chi connectivity index (χ4n) is 4.10. The number of carbonyl (C=O) groups is 1. The Hall–Kier alpha value is -2.41. The number of nitrogens with zero attached hydrogens (tertiary/aromatic N) is 2. The molecule has 3 rings (SSSR count). The van der Waals surface area contributed by atoms with Crippen LogP contribution >= 0.6 is 11.3 Å². The molecule has 0 fully saturated rings. The smallest absolute Gasteiger partial charge is 0.237 e. The molecule has 0 aliphatic carbocycles. The monoisotopic (exact) mass is 486 g/mol. The lowest BCUT2D eigenvalue weighted by molar-refractivity contribution is -0.136. The summed E-state index contributed by atoms with van der Waals surface area (Å²) in [6.45, 7) is 4.78. The number of benzene rings is 1. The van der Waals surface area contributed by atoms with Gasteiger partial charge < -0.3 is 24.2 Å². The molecule has 7 nitrogen and oxygen atoms in total. The molecule has 0 bridgehead atoms. The molecule has 0 saturated carbocycles. The number of terminal acetylenes is 1. The van der Waals surface area contributed by atoms with Gasteiger partial charge >= 0.3 is 0 Å². The van der Waals surface area contributed by atoms with Gasteiger partial charge in [0.25, 0.3) is 0 Å². The van der Waals surface area contributed by atoms with E-state index in [-0.39, 0.29) is 31.7 Å². The molecule has 0 saturated heterocycles. The van der Waals surface area contributed by atoms with Crippen LogP contribution in [0, 0.1) is 19.3 Å². The minimum Gasteiger partial charge on any atom is -0.491 e. The number of rotatable bonds is 13. The summed E-state index contributed by atoms with van der Waals surface area (Å²) in [4.78, 5) is 18.6. The van der Waals surface area contributed by atoms with E-state index >= 15 is 0 Å². The highest BCUT2D eigenvalue weighted by Crippen LogP contribution is 2.34. The van der Waals surface area contributed by atoms with Crippen molar-refractivity contribution >= 4 is 17.2 Å². The standard InChI is InChI=1S/C26H34N2O5S/c1-4-12-32-18-21(29)16-27(11-13-31-3)17-26(30)28-10-8-25-23(9-14-34-25)24(28)19-33-22-7-5-6-20(2)15-22/h1,5-7,9,14-15,21,24,29H,8,10-13,16-19H2,2-3H3/t21-,24+/m0/s1. The number of amides is 1. The van der Waals surface area contributed by atoms with Gasteiger partial charge in [-0.2, -0.15) is 0 Å². The summed E-state index contributed by atoms with van der Waals surface area (Å²) in [7, 11) is 1.62. The quantitative estimate of drug-likeness (QED) is 0.347. The van der Waals surface area contributed by atoms with E-state index in [9.17, 15) is 9.90 Å². The van der Waals surface area contributed by atoms with Gasteiger partial charge in [-0.3, -0.25) is 9.69 Å². The molecule has 1 amide bonds. The SMILES string of the molecule is C#CCOC[C@@H](O)CN(CCOC)CC(=O)N1CCc2sccc2[C@H]1COc1cccc(C)c1. The van der Waals surface area contributed by atoms with Gasteiger partial charge in [-0.05, 0) is 48.1 Å². The van der Waals surface area contributed by atoms with Crippen LogP contribution in [0.25, 0.3) is 0 Å². The second-order valence-corrected chi connectivity index (χ2v) is 9.38. The fraction of sp³-hybridized carbons (Fsp3) is 0.500. The zero-order chi connectivity index (χ0) is 24.3. The summed E-state index contributed by atoms with van der Waals surface area (Å²) in [5.74, 6) is 3.18. The maximum atomic E-state index is 13.5. The third-order valence-electron chi connectivity index (χ3n) is 5.75. The topological polar surface area (TPSA) is 71.5 Å². The van der Waals surface area contributed by atoms with Crippen molar-refractivity contribution in [2.75, 3.05) is 59.7 Å². The Morgan fingerprint density at radius 2 is 2.26 bits per heavy atom. The first-order chi connectivity index (χ1) is 16.5. The van der Waals surface area contributed by atoms with Crippen molar-refractivity contribution in [1.82, 2.24) is 9.80 Å². The second-order valence-electron chi connectivity index (χ2n) is 8.38. The summed E-state index contributed by atoms with van der Waals surface area (Å²) in [5, 5.41) is 12.4. The molecule has 8 heteroatoms. The van der Waals surface area contributed by atoms with Crippen LogP contribution < -0.4 is 4.74 Å². The normalized spacial score (nSPS) is 16.2. The first-order valence-corrected chi connectivity index (χ1v) is 12.4. The van der Waals surface area contributed by atoms with Gasteiger partial charge in [0.2, 0.25) is 5.91 Å². The van der Waals surface area contributed by atoms with Crippen LogP contribution in [0.15, 0.2) is 35.7 Å². The lowest BCUT2D eigenvalue weighted by Crippen LogP contribution is -2.48. The Labute approximate surface area is 206 Å². The maximum Gasteiger partial charge on any atom is 0.237 e. The number of aryl methyl sites for hydroxylation is 1. The van der Waals surface area contributed by atoms with Gasteiger partial charge in [-0.1, -0.05) is 18.1 Å². The van der Waals surface area contributed by atoms with Crippen molar-refractivity contribution < 1.29 is 24.1 Å². The first-order valence-electron chi connectivity index (χ1n) is 11.5. The largest absolute Gasteiger partial charge is 0.491 e. The van der Waals surface area contributed by atoms with Gasteiger partial charge in [-0.15, -0.1) is 17.8 Å². The maximum absolute atomic E-state index is 13.5. The van der Waals surface area contributed by atoms with Crippen molar-refractivity contribution in [1.29, 1.82) is 0 Å². The summed E-state index contributed by atoms with van der Waals surface area (Å²) >= 11 is 1.73. The van der Waals surface area contributed by atoms with E-state index in [1.165, 1.54) is 4.88 Å². The molecule has 0 unspecified atom stereocenters. The summed E-state index contributed by atoms with van der Waals surface area (Å²) < 4.78 is 16.6. The Kier molecular flexibility index (Phi) is 10.4. The molecule has 184 valence electrons. The highest BCUT2D eigenvalue weighted by atomic mass is 32.1. The lowest BCUT2D eigenvalue weighted by atomic mass is 10.0. The van der Waals surface area contributed by atoms with E-state index in [0.717, 1.165) is 23.3 Å². The predicted octanol–water partition coefficient (Wildman–Crippen LogP) is 2.52. The number of ether oxygens (including phenoxy) is 3. The van der Waals surface area contributed by atoms with Gasteiger partial charge in [0.15, 0.2) is 0 Å². The molecule has 1 aromatic carbocycles. The van der Waals surface area contributed by atoms with Gasteiger partial charge in [0.05, 0.1) is 31.9 Å². The van der Waals surface area contributed by atoms with E-state index in [2.05, 4.69) is 17.4 Å². The Bertz CT molecular complexity index is 957. The van der Waals surface area contributed by atoms with Gasteiger partial charge in [0.1, 0.15) is 19.0 Å². The number of hydrogen-bond donors (Lipinski definition) is 1. The summed E-state index contributed by atoms with van der Waals surface area (Å²) in [6, 6.07) is 9.87. The number of aliphatic hydroxyl groups excluding tert-OH is 1. The number of hydrogen-bond acceptors (Lipinski definition) is 7. The van der Waals surface area contributed by atoms with Crippen LogP contribution in [0.1, 0.15) is 22.0 Å². The number of aliphatic hydroxyl groups is 1. The van der Waals surface area contributed by atoms with Crippen molar-refractivity contribution in [3.8, 4) is 18.1 Å². The molecule has 34 heavy (non-hydrogen) atoms. The van der Waals surface area contributed by atoms with Crippen LogP contribution in [0.4, 0.5) is 0 Å². The van der Waals surface area contributed by atoms with Crippen LogP contribution in [0.3, 0.4) is 0 Å². The third-order valence-corrected chi connectivity index (χ3v) is 6.74. The van der Waals surface area contributed by atoms with E-state index in [1.807, 2.05) is 41.0 Å². The van der Waals surface area contributed by atoms with Crippen LogP contribution in [0.2, 0.25) is 0 Å². The highest BCUT2D eigenvalue weighted by Gasteiger charge is 2.33. The molecule has 2 aromatic rings. The molecular weight excluding hydrogens is 452 g/mol. The molecule has 1 aromatic heterocycles. The average Bonchev–Trinajstić information content (AvgIpc) is 3.30. The lowest BCUT2D eigenvalue weighted by Gasteiger charge is -2.37. The number of carbonyl (C=O) groups excluding carboxylic acids is 1. The van der Waals surface area contributed by atoms with E-state index in [0.29, 0.717) is 32.8 Å². The molecule has 0 spiro atoms. The molecule has 1 aliphatic rings. The zero-order valence-corrected chi connectivity index (χ0v) is 20.8. The van der Waals surface area contributed by atoms with Crippen molar-refractivity contribution in [2.45, 2.75) is 25.5 Å². The van der Waals surface area contributed by atoms with Crippen molar-refractivity contribution in [3.05, 3.63) is 51.7 Å². The first kappa shape index (κ1) is 26.2. The van der Waals surface area contributed by atoms with Crippen LogP contribution in [-0.2, 0) is 20.7 Å². The summed E-state index contributed by atoms with van der Waals surface area (Å²) in [5.41, 5.74) is 2.28. The Balaban J connectivity index is 1.68. The highest BCUT2D eigenvalue weighted by molar-refractivity contribution is 7.10. The predicted molar refractivity (Wildman–Crippen MR) is 133 cm³/mol. The van der Waals surface area contributed by atoms with Gasteiger partial charge in [0, 0.05) is 31.6 Å². The van der Waals surface area contributed by atoms with E-state index in [4.69, 9.17) is 20.6 Å². The van der Waals surface area contributed by atoms with E-state index < -0.39 is 6.10 Å². The third kappa shape index (κ3) is 7.55. The summed E-state index contributed by atoms with van der Waals surface area (Å²) in [6.07, 6.45) is 5.28. The second kappa shape index (κ2) is 13.5. The molecule has 2 heterocycles. The van der Waals surface area contributed by atoms with Crippen LogP contribution in [-0.4, -0.2) is 86.6 Å². The minimum atomic E-state index is -0.747. The van der Waals surface area contributed by atoms with Crippen molar-refractivity contribution in [3.63, 3.8) is 0 Å². The van der Waals surface area contributed by atoms with E-state index in [1.54, 1.807) is 18.4 Å². The average molecular weight is 487 g/mol. The number of methoxy groups -OCH3 is 1. The molecular formula is C26H34N2O5S. The number of thiophene rings is 1. The fourth-order valence-corrected chi connectivity index (χ4v) is 5.03. The number of fused-ring (bicyclic) bond motifs is 1. The van der Waals surface area contributed by atoms with Crippen LogP contribution in [0.5, 0.6) is 5.75 Å². The molecule has 1 aliphatic heterocycles. The minimum absolute atomic E-state index is 0.00235. The molecule has 1 N–H and O–H groups in total. The zero-order valence-electron chi connectivity index (χ0n) is 19.9. The van der Waals surface area contributed by atoms with Gasteiger partial charge in [-0.25, -0.2) is 0 Å². The molecule has 2 atom stereocenters. The van der Waals surface area contributed by atoms with Crippen molar-refractivity contribution in [2.24, 2.45) is 0 Å².